The first-order chi connectivity index (χ1) is 13.7. The number of aliphatic imine (C=N–C) groups is 1. The molecule has 1 aromatic heterocycles. The molecule has 0 spiro atoms. The molecule has 1 heterocycles. The number of nitrogens with zero attached hydrogens (tertiary/aromatic N) is 2. The first-order valence-corrected chi connectivity index (χ1v) is 10.0. The van der Waals surface area contributed by atoms with E-state index in [0.29, 0.717) is 12.0 Å². The average Bonchev–Trinajstić information content (AvgIpc) is 3.36. The van der Waals surface area contributed by atoms with E-state index in [1.54, 1.807) is 7.05 Å². The van der Waals surface area contributed by atoms with Gasteiger partial charge in [0.2, 0.25) is 5.96 Å². The summed E-state index contributed by atoms with van der Waals surface area (Å²) in [6.45, 7) is 0. The van der Waals surface area contributed by atoms with Crippen molar-refractivity contribution in [1.29, 1.82) is 0 Å². The van der Waals surface area contributed by atoms with Crippen LogP contribution in [0.3, 0.4) is 0 Å². The summed E-state index contributed by atoms with van der Waals surface area (Å²) in [5.41, 5.74) is 7.24. The fourth-order valence-corrected chi connectivity index (χ4v) is 3.84. The van der Waals surface area contributed by atoms with Crippen molar-refractivity contribution in [2.45, 2.75) is 31.7 Å². The maximum absolute atomic E-state index is 6.06. The minimum Gasteiger partial charge on any atom is -0.354 e. The zero-order chi connectivity index (χ0) is 19.3. The maximum atomic E-state index is 6.06. The van der Waals surface area contributed by atoms with Crippen LogP contribution in [0, 0.1) is 0 Å². The van der Waals surface area contributed by atoms with Crippen LogP contribution in [-0.4, -0.2) is 30.2 Å². The average molecular weight is 394 g/mol. The topological polar surface area (TPSA) is 64.6 Å². The molecule has 28 heavy (non-hydrogen) atoms. The highest BCUT2D eigenvalue weighted by atomic mass is 35.5. The summed E-state index contributed by atoms with van der Waals surface area (Å²) in [5, 5.41) is 9.75. The Labute approximate surface area is 169 Å². The Morgan fingerprint density at radius 3 is 2.61 bits per heavy atom. The summed E-state index contributed by atoms with van der Waals surface area (Å²) in [6, 6.07) is 16.5. The van der Waals surface area contributed by atoms with Crippen molar-refractivity contribution in [3.63, 3.8) is 0 Å². The van der Waals surface area contributed by atoms with Crippen molar-refractivity contribution >= 4 is 34.7 Å². The molecule has 1 saturated carbocycles. The molecule has 3 N–H and O–H groups in total. The van der Waals surface area contributed by atoms with Crippen molar-refractivity contribution in [3.8, 4) is 11.3 Å². The quantitative estimate of drug-likeness (QED) is 0.334. The predicted octanol–water partition coefficient (Wildman–Crippen LogP) is 4.93. The Kier molecular flexibility index (Phi) is 5.63. The van der Waals surface area contributed by atoms with Crippen LogP contribution in [0.5, 0.6) is 0 Å². The highest BCUT2D eigenvalue weighted by Crippen LogP contribution is 2.29. The van der Waals surface area contributed by atoms with Gasteiger partial charge in [0.05, 0.1) is 11.9 Å². The molecule has 1 fully saturated rings. The van der Waals surface area contributed by atoms with E-state index in [0.717, 1.165) is 32.7 Å². The van der Waals surface area contributed by atoms with E-state index in [-0.39, 0.29) is 0 Å². The van der Waals surface area contributed by atoms with Crippen LogP contribution < -0.4 is 10.7 Å². The number of guanidine groups is 1. The Morgan fingerprint density at radius 1 is 1.11 bits per heavy atom. The fourth-order valence-electron chi connectivity index (χ4n) is 3.71. The lowest BCUT2D eigenvalue weighted by Crippen LogP contribution is -2.40. The largest absolute Gasteiger partial charge is 0.354 e. The van der Waals surface area contributed by atoms with Gasteiger partial charge in [0.1, 0.15) is 0 Å². The van der Waals surface area contributed by atoms with Crippen molar-refractivity contribution in [2.24, 2.45) is 10.1 Å². The molecule has 0 saturated heterocycles. The van der Waals surface area contributed by atoms with Crippen molar-refractivity contribution in [3.05, 3.63) is 59.1 Å². The van der Waals surface area contributed by atoms with Crippen LogP contribution in [0.1, 0.15) is 31.2 Å². The number of aromatic amines is 1. The molecule has 2 aromatic carbocycles. The number of benzene rings is 2. The zero-order valence-electron chi connectivity index (χ0n) is 15.9. The number of H-pyrrole nitrogens is 1. The third-order valence-corrected chi connectivity index (χ3v) is 5.41. The molecule has 6 heteroatoms. The lowest BCUT2D eigenvalue weighted by Gasteiger charge is -2.14. The monoisotopic (exact) mass is 393 g/mol. The van der Waals surface area contributed by atoms with Crippen molar-refractivity contribution in [1.82, 2.24) is 15.7 Å². The third kappa shape index (κ3) is 4.04. The molecule has 3 aromatic rings. The van der Waals surface area contributed by atoms with Gasteiger partial charge >= 0.3 is 0 Å². The summed E-state index contributed by atoms with van der Waals surface area (Å²) in [4.78, 5) is 7.78. The number of aromatic nitrogens is 1. The van der Waals surface area contributed by atoms with Crippen LogP contribution in [0.15, 0.2) is 58.6 Å². The molecule has 4 rings (SSSR count). The van der Waals surface area contributed by atoms with E-state index >= 15 is 0 Å². The summed E-state index contributed by atoms with van der Waals surface area (Å²) < 4.78 is 0. The smallest absolute Gasteiger partial charge is 0.212 e. The Morgan fingerprint density at radius 2 is 1.86 bits per heavy atom. The fraction of sp³-hybridized carbons (Fsp3) is 0.273. The molecule has 0 atom stereocenters. The van der Waals surface area contributed by atoms with E-state index in [2.05, 4.69) is 38.0 Å². The van der Waals surface area contributed by atoms with Crippen LogP contribution in [0.25, 0.3) is 22.2 Å². The van der Waals surface area contributed by atoms with Gasteiger partial charge in [-0.2, -0.15) is 5.10 Å². The van der Waals surface area contributed by atoms with Gasteiger partial charge < -0.3 is 10.3 Å². The number of halogens is 1. The number of hydrazone groups is 1. The molecular weight excluding hydrogens is 370 g/mol. The van der Waals surface area contributed by atoms with E-state index in [4.69, 9.17) is 11.6 Å². The van der Waals surface area contributed by atoms with Gasteiger partial charge in [0, 0.05) is 34.6 Å². The number of nitrogens with one attached hydrogen (secondary N) is 3. The molecule has 0 amide bonds. The number of fused-ring (bicyclic) bond motifs is 1. The molecule has 1 aliphatic carbocycles. The first kappa shape index (κ1) is 18.6. The first-order valence-electron chi connectivity index (χ1n) is 9.63. The van der Waals surface area contributed by atoms with Crippen molar-refractivity contribution in [2.75, 3.05) is 7.05 Å². The molecule has 0 unspecified atom stereocenters. The summed E-state index contributed by atoms with van der Waals surface area (Å²) in [6.07, 6.45) is 6.78. The standard InChI is InChI=1S/C22H24ClN5/c1-24-22(26-17-6-2-3-7-17)28-25-14-19-18-8-4-5-9-20(18)27-21(19)15-10-12-16(23)13-11-15/h4-5,8-14,17,27H,2-3,6-7H2,1H3,(H2,24,26,28)/b25-14+. The zero-order valence-corrected chi connectivity index (χ0v) is 16.6. The molecule has 5 nitrogen and oxygen atoms in total. The normalized spacial score (nSPS) is 15.6. The predicted molar refractivity (Wildman–Crippen MR) is 118 cm³/mol. The van der Waals surface area contributed by atoms with Gasteiger partial charge in [-0.1, -0.05) is 54.8 Å². The van der Waals surface area contributed by atoms with Crippen LogP contribution in [0.2, 0.25) is 5.02 Å². The molecular formula is C22H24ClN5. The van der Waals surface area contributed by atoms with E-state index in [9.17, 15) is 0 Å². The summed E-state index contributed by atoms with van der Waals surface area (Å²) >= 11 is 6.06. The molecule has 1 aliphatic rings. The molecule has 0 aliphatic heterocycles. The van der Waals surface area contributed by atoms with Crippen molar-refractivity contribution < 1.29 is 0 Å². The number of hydrogen-bond donors (Lipinski definition) is 3. The second kappa shape index (κ2) is 8.48. The maximum Gasteiger partial charge on any atom is 0.212 e. The number of rotatable bonds is 4. The molecule has 0 bridgehead atoms. The van der Waals surface area contributed by atoms with Crippen LogP contribution in [-0.2, 0) is 0 Å². The van der Waals surface area contributed by atoms with Gasteiger partial charge in [-0.25, -0.2) is 5.43 Å². The van der Waals surface area contributed by atoms with Gasteiger partial charge in [-0.15, -0.1) is 0 Å². The minimum absolute atomic E-state index is 0.485. The SMILES string of the molecule is CN=C(N/N=C/c1c(-c2ccc(Cl)cc2)[nH]c2ccccc12)NC1CCCC1. The van der Waals surface area contributed by atoms with E-state index < -0.39 is 0 Å². The lowest BCUT2D eigenvalue weighted by molar-refractivity contribution is 0.616. The van der Waals surface area contributed by atoms with Gasteiger partial charge in [0.25, 0.3) is 0 Å². The lowest BCUT2D eigenvalue weighted by atomic mass is 10.1. The Bertz CT molecular complexity index is 997. The van der Waals surface area contributed by atoms with Gasteiger partial charge in [-0.3, -0.25) is 4.99 Å². The second-order valence-electron chi connectivity index (χ2n) is 7.03. The highest BCUT2D eigenvalue weighted by molar-refractivity contribution is 6.30. The van der Waals surface area contributed by atoms with Crippen LogP contribution >= 0.6 is 11.6 Å². The summed E-state index contributed by atoms with van der Waals surface area (Å²) in [5.74, 6) is 0.705. The van der Waals surface area contributed by atoms with E-state index in [1.807, 2.05) is 42.6 Å². The highest BCUT2D eigenvalue weighted by Gasteiger charge is 2.16. The third-order valence-electron chi connectivity index (χ3n) is 5.16. The van der Waals surface area contributed by atoms with E-state index in [1.165, 1.54) is 25.7 Å². The Balaban J connectivity index is 1.60. The molecule has 0 radical (unpaired) electrons. The summed E-state index contributed by atoms with van der Waals surface area (Å²) in [7, 11) is 1.77. The Hall–Kier alpha value is -2.79. The minimum atomic E-state index is 0.485. The number of hydrogen-bond acceptors (Lipinski definition) is 2. The van der Waals surface area contributed by atoms with Gasteiger partial charge in [-0.05, 0) is 36.6 Å². The second-order valence-corrected chi connectivity index (χ2v) is 7.47. The number of para-hydroxylation sites is 1. The molecule has 144 valence electrons. The van der Waals surface area contributed by atoms with Crippen LogP contribution in [0.4, 0.5) is 0 Å². The van der Waals surface area contributed by atoms with Gasteiger partial charge in [0.15, 0.2) is 0 Å².